The van der Waals surface area contributed by atoms with Gasteiger partial charge in [-0.05, 0) is 29.7 Å². The lowest BCUT2D eigenvalue weighted by Crippen LogP contribution is -1.98. The summed E-state index contributed by atoms with van der Waals surface area (Å²) in [4.78, 5) is 0. The Kier molecular flexibility index (Phi) is 4.43. The standard InChI is InChI=1S/C16H16ClFO/c1-11(2)12-6-8-14(9-7-12)19-10-13-4-3-5-15(18)16(13)17/h3-9,11H,10H2,1-2H3. The average molecular weight is 279 g/mol. The van der Waals surface area contributed by atoms with E-state index in [2.05, 4.69) is 13.8 Å². The van der Waals surface area contributed by atoms with Crippen LogP contribution in [-0.2, 0) is 6.61 Å². The fourth-order valence-electron chi connectivity index (χ4n) is 1.77. The van der Waals surface area contributed by atoms with E-state index in [9.17, 15) is 4.39 Å². The monoisotopic (exact) mass is 278 g/mol. The molecule has 2 aromatic carbocycles. The van der Waals surface area contributed by atoms with Crippen LogP contribution < -0.4 is 4.74 Å². The molecule has 0 bridgehead atoms. The van der Waals surface area contributed by atoms with Crippen molar-refractivity contribution in [2.45, 2.75) is 26.4 Å². The highest BCUT2D eigenvalue weighted by Gasteiger charge is 2.06. The third kappa shape index (κ3) is 3.48. The molecule has 2 aromatic rings. The first-order valence-corrected chi connectivity index (χ1v) is 6.61. The Hall–Kier alpha value is -1.54. The molecule has 0 atom stereocenters. The number of rotatable bonds is 4. The minimum atomic E-state index is -0.419. The summed E-state index contributed by atoms with van der Waals surface area (Å²) in [5.74, 6) is 0.828. The van der Waals surface area contributed by atoms with Gasteiger partial charge in [0.05, 0.1) is 5.02 Å². The molecule has 0 saturated carbocycles. The fourth-order valence-corrected chi connectivity index (χ4v) is 1.95. The van der Waals surface area contributed by atoms with Crippen LogP contribution in [0.4, 0.5) is 4.39 Å². The lowest BCUT2D eigenvalue weighted by atomic mass is 10.0. The van der Waals surface area contributed by atoms with Crippen LogP contribution in [0.15, 0.2) is 42.5 Å². The smallest absolute Gasteiger partial charge is 0.142 e. The Labute approximate surface area is 118 Å². The summed E-state index contributed by atoms with van der Waals surface area (Å²) < 4.78 is 18.9. The fraction of sp³-hybridized carbons (Fsp3) is 0.250. The van der Waals surface area contributed by atoms with Crippen LogP contribution in [0, 0.1) is 5.82 Å². The second-order valence-corrected chi connectivity index (χ2v) is 5.10. The van der Waals surface area contributed by atoms with E-state index in [1.165, 1.54) is 11.6 Å². The summed E-state index contributed by atoms with van der Waals surface area (Å²) in [5.41, 5.74) is 1.91. The summed E-state index contributed by atoms with van der Waals surface area (Å²) in [6, 6.07) is 12.6. The molecule has 0 aliphatic carbocycles. The second-order valence-electron chi connectivity index (χ2n) is 4.73. The average Bonchev–Trinajstić information content (AvgIpc) is 2.41. The van der Waals surface area contributed by atoms with E-state index in [-0.39, 0.29) is 11.6 Å². The van der Waals surface area contributed by atoms with Crippen LogP contribution in [0.5, 0.6) is 5.75 Å². The SMILES string of the molecule is CC(C)c1ccc(OCc2cccc(F)c2Cl)cc1. The zero-order valence-corrected chi connectivity index (χ0v) is 11.7. The van der Waals surface area contributed by atoms with Crippen LogP contribution in [0.2, 0.25) is 5.02 Å². The molecule has 2 rings (SSSR count). The van der Waals surface area contributed by atoms with Crippen molar-refractivity contribution < 1.29 is 9.13 Å². The summed E-state index contributed by atoms with van der Waals surface area (Å²) in [6.45, 7) is 4.54. The van der Waals surface area contributed by atoms with Gasteiger partial charge in [0, 0.05) is 5.56 Å². The maximum Gasteiger partial charge on any atom is 0.142 e. The van der Waals surface area contributed by atoms with E-state index >= 15 is 0 Å². The van der Waals surface area contributed by atoms with Gasteiger partial charge in [-0.15, -0.1) is 0 Å². The first kappa shape index (κ1) is 13.9. The van der Waals surface area contributed by atoms with Crippen molar-refractivity contribution in [3.8, 4) is 5.75 Å². The lowest BCUT2D eigenvalue weighted by molar-refractivity contribution is 0.305. The van der Waals surface area contributed by atoms with Gasteiger partial charge in [-0.25, -0.2) is 4.39 Å². The zero-order chi connectivity index (χ0) is 13.8. The first-order valence-electron chi connectivity index (χ1n) is 6.23. The molecule has 100 valence electrons. The molecule has 0 radical (unpaired) electrons. The van der Waals surface area contributed by atoms with Gasteiger partial charge in [0.2, 0.25) is 0 Å². The molecule has 3 heteroatoms. The van der Waals surface area contributed by atoms with Crippen LogP contribution >= 0.6 is 11.6 Å². The molecule has 0 aliphatic heterocycles. The number of halogens is 2. The Balaban J connectivity index is 2.04. The van der Waals surface area contributed by atoms with Crippen molar-refractivity contribution in [1.82, 2.24) is 0 Å². The highest BCUT2D eigenvalue weighted by molar-refractivity contribution is 6.31. The Morgan fingerprint density at radius 3 is 2.42 bits per heavy atom. The summed E-state index contributed by atoms with van der Waals surface area (Å²) in [7, 11) is 0. The van der Waals surface area contributed by atoms with Crippen LogP contribution in [0.3, 0.4) is 0 Å². The van der Waals surface area contributed by atoms with Gasteiger partial charge in [-0.1, -0.05) is 49.7 Å². The molecule has 0 amide bonds. The normalized spacial score (nSPS) is 10.8. The van der Waals surface area contributed by atoms with Gasteiger partial charge in [0.25, 0.3) is 0 Å². The minimum Gasteiger partial charge on any atom is -0.489 e. The van der Waals surface area contributed by atoms with E-state index < -0.39 is 5.82 Å². The Morgan fingerprint density at radius 1 is 1.11 bits per heavy atom. The van der Waals surface area contributed by atoms with Crippen molar-refractivity contribution in [1.29, 1.82) is 0 Å². The van der Waals surface area contributed by atoms with Crippen LogP contribution in [0.25, 0.3) is 0 Å². The van der Waals surface area contributed by atoms with Gasteiger partial charge in [-0.2, -0.15) is 0 Å². The van der Waals surface area contributed by atoms with E-state index in [0.29, 0.717) is 11.5 Å². The van der Waals surface area contributed by atoms with Crippen molar-refractivity contribution in [2.24, 2.45) is 0 Å². The summed E-state index contributed by atoms with van der Waals surface area (Å²) in [5, 5.41) is 0.126. The van der Waals surface area contributed by atoms with E-state index in [4.69, 9.17) is 16.3 Å². The van der Waals surface area contributed by atoms with Gasteiger partial charge >= 0.3 is 0 Å². The molecule has 0 aliphatic rings. The minimum absolute atomic E-state index is 0.126. The van der Waals surface area contributed by atoms with Crippen LogP contribution in [-0.4, -0.2) is 0 Å². The predicted octanol–water partition coefficient (Wildman–Crippen LogP) is 5.18. The maximum atomic E-state index is 13.3. The summed E-state index contributed by atoms with van der Waals surface area (Å²) >= 11 is 5.87. The van der Waals surface area contributed by atoms with E-state index in [1.807, 2.05) is 24.3 Å². The number of ether oxygens (including phenoxy) is 1. The molecule has 0 aromatic heterocycles. The van der Waals surface area contributed by atoms with E-state index in [0.717, 1.165) is 5.75 Å². The molecule has 0 N–H and O–H groups in total. The number of hydrogen-bond donors (Lipinski definition) is 0. The molecule has 0 unspecified atom stereocenters. The Morgan fingerprint density at radius 2 is 1.79 bits per heavy atom. The van der Waals surface area contributed by atoms with E-state index in [1.54, 1.807) is 12.1 Å². The third-order valence-electron chi connectivity index (χ3n) is 2.97. The molecular weight excluding hydrogens is 263 g/mol. The third-order valence-corrected chi connectivity index (χ3v) is 3.40. The Bertz CT molecular complexity index is 549. The maximum absolute atomic E-state index is 13.3. The molecule has 1 nitrogen and oxygen atoms in total. The highest BCUT2D eigenvalue weighted by atomic mass is 35.5. The van der Waals surface area contributed by atoms with Crippen molar-refractivity contribution in [3.63, 3.8) is 0 Å². The first-order chi connectivity index (χ1) is 9.08. The molecule has 0 heterocycles. The molecular formula is C16H16ClFO. The predicted molar refractivity (Wildman–Crippen MR) is 76.3 cm³/mol. The number of benzene rings is 2. The van der Waals surface area contributed by atoms with Gasteiger partial charge in [0.1, 0.15) is 18.2 Å². The molecule has 0 spiro atoms. The second kappa shape index (κ2) is 6.07. The summed E-state index contributed by atoms with van der Waals surface area (Å²) in [6.07, 6.45) is 0. The molecule has 0 saturated heterocycles. The van der Waals surface area contributed by atoms with Crippen molar-refractivity contribution in [3.05, 3.63) is 64.4 Å². The van der Waals surface area contributed by atoms with Gasteiger partial charge in [-0.3, -0.25) is 0 Å². The van der Waals surface area contributed by atoms with Gasteiger partial charge in [0.15, 0.2) is 0 Å². The molecule has 0 fully saturated rings. The van der Waals surface area contributed by atoms with Crippen LogP contribution in [0.1, 0.15) is 30.9 Å². The van der Waals surface area contributed by atoms with Gasteiger partial charge < -0.3 is 4.74 Å². The highest BCUT2D eigenvalue weighted by Crippen LogP contribution is 2.23. The topological polar surface area (TPSA) is 9.23 Å². The zero-order valence-electron chi connectivity index (χ0n) is 11.0. The number of hydrogen-bond acceptors (Lipinski definition) is 1. The quantitative estimate of drug-likeness (QED) is 0.748. The lowest BCUT2D eigenvalue weighted by Gasteiger charge is -2.10. The largest absolute Gasteiger partial charge is 0.489 e. The van der Waals surface area contributed by atoms with Crippen molar-refractivity contribution >= 4 is 11.6 Å². The molecule has 19 heavy (non-hydrogen) atoms. The van der Waals surface area contributed by atoms with Crippen molar-refractivity contribution in [2.75, 3.05) is 0 Å².